The first-order valence-electron chi connectivity index (χ1n) is 13.1. The molecule has 198 valence electrons. The predicted octanol–water partition coefficient (Wildman–Crippen LogP) is 6.85. The van der Waals surface area contributed by atoms with Crippen LogP contribution in [0.5, 0.6) is 0 Å². The smallest absolute Gasteiger partial charge is 0.336 e. The van der Waals surface area contributed by atoms with E-state index in [0.717, 1.165) is 52.1 Å². The number of thiol groups is 1. The molecule has 2 N–H and O–H groups in total. The molecule has 1 amide bonds. The summed E-state index contributed by atoms with van der Waals surface area (Å²) in [6.45, 7) is 8.85. The third-order valence-electron chi connectivity index (χ3n) is 6.97. The quantitative estimate of drug-likeness (QED) is 0.196. The Morgan fingerprint density at radius 2 is 1.79 bits per heavy atom. The number of carbonyl (C=O) groups excluding carboxylic acids is 1. The molecular formula is C31H35N3O3S. The molecule has 0 fully saturated rings. The second-order valence-corrected chi connectivity index (χ2v) is 10.5. The lowest BCUT2D eigenvalue weighted by atomic mass is 9.97. The fraction of sp³-hybridized carbons (Fsp3) is 0.323. The minimum absolute atomic E-state index is 0.0224. The number of carboxylic acids is 1. The monoisotopic (exact) mass is 529 g/mol. The molecule has 3 aromatic carbocycles. The van der Waals surface area contributed by atoms with Gasteiger partial charge in [-0.25, -0.2) is 9.78 Å². The first-order valence-corrected chi connectivity index (χ1v) is 13.7. The van der Waals surface area contributed by atoms with Crippen molar-refractivity contribution in [2.24, 2.45) is 11.8 Å². The van der Waals surface area contributed by atoms with Crippen molar-refractivity contribution < 1.29 is 14.7 Å². The van der Waals surface area contributed by atoms with Crippen molar-refractivity contribution in [3.8, 4) is 11.1 Å². The van der Waals surface area contributed by atoms with Crippen molar-refractivity contribution in [2.75, 3.05) is 11.1 Å². The molecule has 4 rings (SSSR count). The molecule has 1 aromatic heterocycles. The van der Waals surface area contributed by atoms with Crippen LogP contribution < -0.4 is 5.32 Å². The van der Waals surface area contributed by atoms with Gasteiger partial charge in [0, 0.05) is 30.3 Å². The average molecular weight is 530 g/mol. The van der Waals surface area contributed by atoms with Gasteiger partial charge in [-0.05, 0) is 59.7 Å². The van der Waals surface area contributed by atoms with Crippen LogP contribution in [0.15, 0.2) is 60.7 Å². The van der Waals surface area contributed by atoms with Crippen LogP contribution in [-0.4, -0.2) is 32.3 Å². The number of imidazole rings is 1. The van der Waals surface area contributed by atoms with E-state index in [4.69, 9.17) is 4.98 Å². The highest BCUT2D eigenvalue weighted by Gasteiger charge is 2.22. The fourth-order valence-corrected chi connectivity index (χ4v) is 5.42. The maximum atomic E-state index is 12.9. The first kappa shape index (κ1) is 27.5. The number of aromatic nitrogens is 2. The number of hydrogen-bond acceptors (Lipinski definition) is 4. The number of benzene rings is 3. The molecule has 0 aliphatic rings. The molecule has 0 saturated heterocycles. The Balaban J connectivity index is 1.69. The summed E-state index contributed by atoms with van der Waals surface area (Å²) in [4.78, 5) is 29.5. The van der Waals surface area contributed by atoms with Crippen LogP contribution in [0.25, 0.3) is 22.2 Å². The van der Waals surface area contributed by atoms with Crippen molar-refractivity contribution in [1.82, 2.24) is 9.55 Å². The zero-order valence-electron chi connectivity index (χ0n) is 22.4. The van der Waals surface area contributed by atoms with Gasteiger partial charge < -0.3 is 15.0 Å². The van der Waals surface area contributed by atoms with Gasteiger partial charge in [-0.1, -0.05) is 63.2 Å². The van der Waals surface area contributed by atoms with E-state index in [9.17, 15) is 14.7 Å². The number of aromatic carboxylic acids is 1. The SMILES string of the molecule is CCCc1nc2c(C)cc(NC(=O)C(CS)C(C)C)cc2n1Cc1ccc(-c2ccccc2C(=O)O)cc1. The standard InChI is InChI=1S/C31H35N3O3S/c1-5-8-28-33-29-20(4)15-23(32-30(35)26(18-38)19(2)3)16-27(29)34(28)17-21-11-13-22(14-12-21)24-9-6-7-10-25(24)31(36)37/h6-7,9-16,19,26,38H,5,8,17-18H2,1-4H3,(H,32,35)(H,36,37). The van der Waals surface area contributed by atoms with Crippen molar-refractivity contribution in [3.05, 3.63) is 83.2 Å². The summed E-state index contributed by atoms with van der Waals surface area (Å²) in [5.74, 6) is 0.571. The normalized spacial score (nSPS) is 12.2. The number of rotatable bonds is 10. The van der Waals surface area contributed by atoms with Gasteiger partial charge in [0.05, 0.1) is 16.6 Å². The number of aryl methyl sites for hydroxylation is 2. The van der Waals surface area contributed by atoms with Crippen LogP contribution in [0.2, 0.25) is 0 Å². The van der Waals surface area contributed by atoms with Gasteiger partial charge in [0.15, 0.2) is 0 Å². The third-order valence-corrected chi connectivity index (χ3v) is 7.36. The molecule has 0 radical (unpaired) electrons. The maximum Gasteiger partial charge on any atom is 0.336 e. The van der Waals surface area contributed by atoms with Crippen molar-refractivity contribution in [3.63, 3.8) is 0 Å². The Labute approximate surface area is 229 Å². The molecule has 1 heterocycles. The van der Waals surface area contributed by atoms with Gasteiger partial charge in [-0.2, -0.15) is 12.6 Å². The summed E-state index contributed by atoms with van der Waals surface area (Å²) in [5, 5.41) is 12.7. The fourth-order valence-electron chi connectivity index (χ4n) is 4.83. The molecule has 0 bridgehead atoms. The molecule has 4 aromatic rings. The van der Waals surface area contributed by atoms with E-state index in [-0.39, 0.29) is 23.3 Å². The highest BCUT2D eigenvalue weighted by Crippen LogP contribution is 2.28. The number of fused-ring (bicyclic) bond motifs is 1. The topological polar surface area (TPSA) is 84.2 Å². The summed E-state index contributed by atoms with van der Waals surface area (Å²) in [5.41, 5.74) is 6.63. The van der Waals surface area contributed by atoms with E-state index in [1.807, 2.05) is 69.3 Å². The molecule has 0 saturated carbocycles. The molecule has 6 nitrogen and oxygen atoms in total. The van der Waals surface area contributed by atoms with E-state index in [1.54, 1.807) is 12.1 Å². The number of carboxylic acid groups (broad SMARTS) is 1. The second-order valence-electron chi connectivity index (χ2n) is 10.1. The van der Waals surface area contributed by atoms with Crippen LogP contribution in [-0.2, 0) is 17.8 Å². The lowest BCUT2D eigenvalue weighted by molar-refractivity contribution is -0.120. The lowest BCUT2D eigenvalue weighted by Gasteiger charge is -2.18. The Bertz CT molecular complexity index is 1460. The number of hydrogen-bond donors (Lipinski definition) is 3. The molecule has 0 aliphatic carbocycles. The minimum Gasteiger partial charge on any atom is -0.478 e. The van der Waals surface area contributed by atoms with Gasteiger partial charge in [0.1, 0.15) is 5.82 Å². The lowest BCUT2D eigenvalue weighted by Crippen LogP contribution is -2.28. The molecule has 7 heteroatoms. The Morgan fingerprint density at radius 3 is 2.42 bits per heavy atom. The highest BCUT2D eigenvalue weighted by molar-refractivity contribution is 7.80. The number of nitrogens with one attached hydrogen (secondary N) is 1. The van der Waals surface area contributed by atoms with Crippen LogP contribution in [0, 0.1) is 18.8 Å². The summed E-state index contributed by atoms with van der Waals surface area (Å²) in [6.07, 6.45) is 1.81. The van der Waals surface area contributed by atoms with Crippen LogP contribution >= 0.6 is 12.6 Å². The highest BCUT2D eigenvalue weighted by atomic mass is 32.1. The number of anilines is 1. The minimum atomic E-state index is -0.939. The van der Waals surface area contributed by atoms with Crippen LogP contribution in [0.3, 0.4) is 0 Å². The van der Waals surface area contributed by atoms with Gasteiger partial charge in [-0.3, -0.25) is 4.79 Å². The van der Waals surface area contributed by atoms with Crippen LogP contribution in [0.4, 0.5) is 5.69 Å². The average Bonchev–Trinajstić information content (AvgIpc) is 3.22. The number of amides is 1. The summed E-state index contributed by atoms with van der Waals surface area (Å²) < 4.78 is 2.22. The molecule has 38 heavy (non-hydrogen) atoms. The van der Waals surface area contributed by atoms with Crippen LogP contribution in [0.1, 0.15) is 54.5 Å². The van der Waals surface area contributed by atoms with Gasteiger partial charge in [0.2, 0.25) is 5.91 Å². The Kier molecular flexibility index (Phi) is 8.57. The van der Waals surface area contributed by atoms with E-state index < -0.39 is 5.97 Å². The largest absolute Gasteiger partial charge is 0.478 e. The number of carbonyl (C=O) groups is 2. The maximum absolute atomic E-state index is 12.9. The Morgan fingerprint density at radius 1 is 1.08 bits per heavy atom. The first-order chi connectivity index (χ1) is 18.2. The zero-order chi connectivity index (χ0) is 27.4. The summed E-state index contributed by atoms with van der Waals surface area (Å²) in [7, 11) is 0. The van der Waals surface area contributed by atoms with Gasteiger partial charge in [-0.15, -0.1) is 0 Å². The predicted molar refractivity (Wildman–Crippen MR) is 157 cm³/mol. The van der Waals surface area contributed by atoms with Gasteiger partial charge >= 0.3 is 5.97 Å². The van der Waals surface area contributed by atoms with E-state index in [2.05, 4.69) is 29.4 Å². The van der Waals surface area contributed by atoms with E-state index >= 15 is 0 Å². The Hall–Kier alpha value is -3.58. The van der Waals surface area contributed by atoms with Crippen molar-refractivity contribution in [1.29, 1.82) is 0 Å². The number of nitrogens with zero attached hydrogens (tertiary/aromatic N) is 2. The van der Waals surface area contributed by atoms with Crippen molar-refractivity contribution in [2.45, 2.75) is 47.1 Å². The molecule has 0 aliphatic heterocycles. The molecule has 0 spiro atoms. The third kappa shape index (κ3) is 5.78. The van der Waals surface area contributed by atoms with E-state index in [0.29, 0.717) is 17.9 Å². The molecule has 1 unspecified atom stereocenters. The van der Waals surface area contributed by atoms with Gasteiger partial charge in [0.25, 0.3) is 0 Å². The molecular weight excluding hydrogens is 494 g/mol. The summed E-state index contributed by atoms with van der Waals surface area (Å²) in [6, 6.07) is 19.0. The van der Waals surface area contributed by atoms with E-state index in [1.165, 1.54) is 0 Å². The zero-order valence-corrected chi connectivity index (χ0v) is 23.3. The summed E-state index contributed by atoms with van der Waals surface area (Å²) >= 11 is 4.38. The second kappa shape index (κ2) is 11.9. The molecule has 1 atom stereocenters. The van der Waals surface area contributed by atoms with Crippen molar-refractivity contribution >= 4 is 41.2 Å².